The lowest BCUT2D eigenvalue weighted by molar-refractivity contribution is -0.136. The molecule has 0 aliphatic heterocycles. The monoisotopic (exact) mass is 281 g/mol. The lowest BCUT2D eigenvalue weighted by Gasteiger charge is -2.00. The molecule has 1 aromatic heterocycles. The molecule has 0 aliphatic carbocycles. The highest BCUT2D eigenvalue weighted by Gasteiger charge is 2.07. The first-order valence-electron chi connectivity index (χ1n) is 5.06. The molecule has 2 aromatic rings. The van der Waals surface area contributed by atoms with Crippen LogP contribution in [0.15, 0.2) is 22.8 Å². The summed E-state index contributed by atoms with van der Waals surface area (Å²) in [6.45, 7) is 2.03. The zero-order valence-corrected chi connectivity index (χ0v) is 10.5. The Morgan fingerprint density at radius 2 is 2.25 bits per heavy atom. The molecule has 3 nitrogen and oxygen atoms in total. The molecule has 0 radical (unpaired) electrons. The summed E-state index contributed by atoms with van der Waals surface area (Å²) in [4.78, 5) is 13.7. The second-order valence-corrected chi connectivity index (χ2v) is 4.71. The van der Waals surface area contributed by atoms with E-state index in [2.05, 4.69) is 27.0 Å². The van der Waals surface area contributed by atoms with Crippen molar-refractivity contribution >= 4 is 32.8 Å². The number of hydrogen-bond donors (Lipinski definition) is 2. The minimum Gasteiger partial charge on any atom is -0.481 e. The van der Waals surface area contributed by atoms with Crippen LogP contribution < -0.4 is 0 Å². The van der Waals surface area contributed by atoms with Gasteiger partial charge >= 0.3 is 5.97 Å². The van der Waals surface area contributed by atoms with E-state index >= 15 is 0 Å². The number of aromatic nitrogens is 1. The van der Waals surface area contributed by atoms with E-state index in [1.54, 1.807) is 0 Å². The van der Waals surface area contributed by atoms with Crippen LogP contribution in [0.1, 0.15) is 17.5 Å². The number of carboxylic acid groups (broad SMARTS) is 1. The van der Waals surface area contributed by atoms with Crippen LogP contribution in [0.25, 0.3) is 10.9 Å². The smallest absolute Gasteiger partial charge is 0.303 e. The first-order chi connectivity index (χ1) is 7.58. The molecule has 0 fully saturated rings. The van der Waals surface area contributed by atoms with Crippen molar-refractivity contribution in [2.24, 2.45) is 0 Å². The normalized spacial score (nSPS) is 10.9. The summed E-state index contributed by atoms with van der Waals surface area (Å²) in [6.07, 6.45) is 2.61. The van der Waals surface area contributed by atoms with E-state index in [9.17, 15) is 4.79 Å². The number of fused-ring (bicyclic) bond motifs is 1. The molecule has 0 unspecified atom stereocenters. The van der Waals surface area contributed by atoms with Crippen molar-refractivity contribution in [3.05, 3.63) is 33.9 Å². The average Bonchev–Trinajstić information content (AvgIpc) is 2.58. The minimum atomic E-state index is -0.763. The van der Waals surface area contributed by atoms with E-state index in [4.69, 9.17) is 5.11 Å². The van der Waals surface area contributed by atoms with E-state index in [1.165, 1.54) is 5.56 Å². The average molecular weight is 282 g/mol. The second-order valence-electron chi connectivity index (χ2n) is 3.85. The summed E-state index contributed by atoms with van der Waals surface area (Å²) in [5.74, 6) is -0.763. The van der Waals surface area contributed by atoms with Crippen LogP contribution in [-0.4, -0.2) is 16.1 Å². The van der Waals surface area contributed by atoms with Crippen LogP contribution in [0.3, 0.4) is 0 Å². The number of aromatic amines is 1. The van der Waals surface area contributed by atoms with Gasteiger partial charge in [-0.25, -0.2) is 0 Å². The third kappa shape index (κ3) is 2.11. The Morgan fingerprint density at radius 3 is 2.94 bits per heavy atom. The van der Waals surface area contributed by atoms with Crippen molar-refractivity contribution in [3.63, 3.8) is 0 Å². The Bertz CT molecular complexity index is 545. The number of nitrogens with one attached hydrogen (secondary N) is 1. The molecule has 1 heterocycles. The minimum absolute atomic E-state index is 0.165. The van der Waals surface area contributed by atoms with E-state index in [0.717, 1.165) is 20.9 Å². The van der Waals surface area contributed by atoms with E-state index in [0.29, 0.717) is 6.42 Å². The van der Waals surface area contributed by atoms with E-state index < -0.39 is 5.97 Å². The zero-order chi connectivity index (χ0) is 11.7. The van der Waals surface area contributed by atoms with Gasteiger partial charge in [0.1, 0.15) is 0 Å². The highest BCUT2D eigenvalue weighted by atomic mass is 79.9. The lowest BCUT2D eigenvalue weighted by atomic mass is 10.1. The Hall–Kier alpha value is -1.29. The first kappa shape index (κ1) is 11.2. The van der Waals surface area contributed by atoms with Gasteiger partial charge in [0, 0.05) is 28.0 Å². The van der Waals surface area contributed by atoms with Crippen LogP contribution in [0.4, 0.5) is 0 Å². The summed E-state index contributed by atoms with van der Waals surface area (Å²) >= 11 is 3.49. The quantitative estimate of drug-likeness (QED) is 0.907. The molecule has 0 saturated heterocycles. The standard InChI is InChI=1S/C12H12BrNO2/c1-7-4-11-9(5-10(7)13)8(6-14-11)2-3-12(15)16/h4-6,14H,2-3H2,1H3,(H,15,16). The van der Waals surface area contributed by atoms with Crippen molar-refractivity contribution in [2.45, 2.75) is 19.8 Å². The zero-order valence-electron chi connectivity index (χ0n) is 8.88. The number of carbonyl (C=O) groups is 1. The SMILES string of the molecule is Cc1cc2[nH]cc(CCC(=O)O)c2cc1Br. The van der Waals surface area contributed by atoms with Crippen molar-refractivity contribution in [1.82, 2.24) is 4.98 Å². The molecule has 0 aliphatic rings. The third-order valence-corrected chi connectivity index (χ3v) is 3.51. The fourth-order valence-corrected chi connectivity index (χ4v) is 2.10. The molecule has 84 valence electrons. The van der Waals surface area contributed by atoms with Crippen molar-refractivity contribution in [2.75, 3.05) is 0 Å². The molecule has 4 heteroatoms. The van der Waals surface area contributed by atoms with Crippen LogP contribution in [0.5, 0.6) is 0 Å². The molecule has 0 atom stereocenters. The molecular formula is C12H12BrNO2. The highest BCUT2D eigenvalue weighted by molar-refractivity contribution is 9.10. The van der Waals surface area contributed by atoms with E-state index in [-0.39, 0.29) is 6.42 Å². The largest absolute Gasteiger partial charge is 0.481 e. The van der Waals surface area contributed by atoms with Crippen molar-refractivity contribution in [1.29, 1.82) is 0 Å². The maximum absolute atomic E-state index is 10.5. The fraction of sp³-hybridized carbons (Fsp3) is 0.250. The number of halogens is 1. The van der Waals surface area contributed by atoms with Crippen molar-refractivity contribution in [3.8, 4) is 0 Å². The Labute approximate surface area is 102 Å². The molecule has 2 rings (SSSR count). The molecule has 16 heavy (non-hydrogen) atoms. The number of hydrogen-bond acceptors (Lipinski definition) is 1. The number of carboxylic acids is 1. The summed E-state index contributed by atoms with van der Waals surface area (Å²) in [5, 5.41) is 9.76. The molecule has 0 saturated carbocycles. The van der Waals surface area contributed by atoms with Gasteiger partial charge in [0.05, 0.1) is 0 Å². The summed E-state index contributed by atoms with van der Waals surface area (Å²) in [6, 6.07) is 4.10. The highest BCUT2D eigenvalue weighted by Crippen LogP contribution is 2.26. The number of aliphatic carboxylic acids is 1. The van der Waals surface area contributed by atoms with Gasteiger partial charge in [-0.2, -0.15) is 0 Å². The van der Waals surface area contributed by atoms with E-state index in [1.807, 2.05) is 19.2 Å². The summed E-state index contributed by atoms with van der Waals surface area (Å²) < 4.78 is 1.05. The Morgan fingerprint density at radius 1 is 1.50 bits per heavy atom. The van der Waals surface area contributed by atoms with Gasteiger partial charge in [0.15, 0.2) is 0 Å². The predicted octanol–water partition coefficient (Wildman–Crippen LogP) is 3.26. The van der Waals surface area contributed by atoms with Crippen LogP contribution in [-0.2, 0) is 11.2 Å². The fourth-order valence-electron chi connectivity index (χ4n) is 1.76. The van der Waals surface area contributed by atoms with Gasteiger partial charge in [-0.15, -0.1) is 0 Å². The molecule has 0 amide bonds. The number of rotatable bonds is 3. The Balaban J connectivity index is 2.40. The predicted molar refractivity (Wildman–Crippen MR) is 66.7 cm³/mol. The van der Waals surface area contributed by atoms with Crippen LogP contribution >= 0.6 is 15.9 Å². The van der Waals surface area contributed by atoms with Crippen LogP contribution in [0, 0.1) is 6.92 Å². The van der Waals surface area contributed by atoms with Crippen LogP contribution in [0.2, 0.25) is 0 Å². The lowest BCUT2D eigenvalue weighted by Crippen LogP contribution is -1.96. The number of aryl methyl sites for hydroxylation is 2. The maximum atomic E-state index is 10.5. The molecule has 2 N–H and O–H groups in total. The summed E-state index contributed by atoms with van der Waals surface area (Å²) in [7, 11) is 0. The maximum Gasteiger partial charge on any atom is 0.303 e. The van der Waals surface area contributed by atoms with Gasteiger partial charge in [0.25, 0.3) is 0 Å². The molecular weight excluding hydrogens is 270 g/mol. The van der Waals surface area contributed by atoms with Gasteiger partial charge < -0.3 is 10.1 Å². The molecule has 0 bridgehead atoms. The Kier molecular flexibility index (Phi) is 3.01. The van der Waals surface area contributed by atoms with Gasteiger partial charge in [-0.3, -0.25) is 4.79 Å². The first-order valence-corrected chi connectivity index (χ1v) is 5.85. The third-order valence-electron chi connectivity index (χ3n) is 2.65. The topological polar surface area (TPSA) is 53.1 Å². The summed E-state index contributed by atoms with van der Waals surface area (Å²) in [5.41, 5.74) is 3.28. The molecule has 1 aromatic carbocycles. The molecule has 0 spiro atoms. The van der Waals surface area contributed by atoms with Gasteiger partial charge in [-0.1, -0.05) is 15.9 Å². The number of H-pyrrole nitrogens is 1. The van der Waals surface area contributed by atoms with Crippen molar-refractivity contribution < 1.29 is 9.90 Å². The van der Waals surface area contributed by atoms with Gasteiger partial charge in [-0.05, 0) is 36.6 Å². The second kappa shape index (κ2) is 4.29. The van der Waals surface area contributed by atoms with Gasteiger partial charge in [0.2, 0.25) is 0 Å². The number of benzene rings is 1.